The summed E-state index contributed by atoms with van der Waals surface area (Å²) in [6.45, 7) is 1.69. The molecule has 2 rings (SSSR count). The number of esters is 1. The Labute approximate surface area is 91.7 Å². The van der Waals surface area contributed by atoms with E-state index in [2.05, 4.69) is 9.72 Å². The van der Waals surface area contributed by atoms with E-state index in [1.807, 2.05) is 0 Å². The van der Waals surface area contributed by atoms with Crippen molar-refractivity contribution in [3.8, 4) is 0 Å². The van der Waals surface area contributed by atoms with E-state index < -0.39 is 11.8 Å². The van der Waals surface area contributed by atoms with Gasteiger partial charge in [0.15, 0.2) is 5.82 Å². The van der Waals surface area contributed by atoms with Gasteiger partial charge in [0, 0.05) is 12.4 Å². The number of halogens is 1. The lowest BCUT2D eigenvalue weighted by molar-refractivity contribution is 0.0589. The molecule has 16 heavy (non-hydrogen) atoms. The zero-order chi connectivity index (χ0) is 11.9. The van der Waals surface area contributed by atoms with Gasteiger partial charge < -0.3 is 9.30 Å². The van der Waals surface area contributed by atoms with Gasteiger partial charge in [-0.1, -0.05) is 0 Å². The third-order valence-electron chi connectivity index (χ3n) is 2.69. The van der Waals surface area contributed by atoms with Crippen molar-refractivity contribution in [3.05, 3.63) is 29.5 Å². The van der Waals surface area contributed by atoms with Crippen molar-refractivity contribution >= 4 is 16.9 Å². The maximum absolute atomic E-state index is 13.6. The summed E-state index contributed by atoms with van der Waals surface area (Å²) in [6, 6.07) is 0. The number of methoxy groups -OCH3 is 1. The fourth-order valence-corrected chi connectivity index (χ4v) is 1.93. The molecule has 2 heterocycles. The Kier molecular flexibility index (Phi) is 2.38. The largest absolute Gasteiger partial charge is 0.464 e. The molecule has 0 radical (unpaired) electrons. The quantitative estimate of drug-likeness (QED) is 0.691. The molecule has 0 aliphatic rings. The minimum Gasteiger partial charge on any atom is -0.464 e. The zero-order valence-electron chi connectivity index (χ0n) is 9.24. The number of hydrogen-bond donors (Lipinski definition) is 0. The Morgan fingerprint density at radius 2 is 2.19 bits per heavy atom. The molecule has 0 unspecified atom stereocenters. The lowest BCUT2D eigenvalue weighted by Crippen LogP contribution is -2.08. The third kappa shape index (κ3) is 1.28. The fourth-order valence-electron chi connectivity index (χ4n) is 1.93. The van der Waals surface area contributed by atoms with Gasteiger partial charge in [0.05, 0.1) is 25.0 Å². The number of carbonyl (C=O) groups excluding carboxylic acids is 1. The lowest BCUT2D eigenvalue weighted by atomic mass is 10.2. The molecule has 4 nitrogen and oxygen atoms in total. The van der Waals surface area contributed by atoms with Crippen LogP contribution in [-0.4, -0.2) is 22.6 Å². The first-order valence-corrected chi connectivity index (χ1v) is 4.74. The molecular formula is C11H11FN2O2. The van der Waals surface area contributed by atoms with E-state index in [4.69, 9.17) is 0 Å². The standard InChI is InChI=1S/C11H11FN2O2/c1-6-9-7(12)4-13-5-8(9)14(2)10(6)11(15)16-3/h4-5H,1-3H3. The van der Waals surface area contributed by atoms with E-state index in [1.165, 1.54) is 13.3 Å². The third-order valence-corrected chi connectivity index (χ3v) is 2.69. The average Bonchev–Trinajstić information content (AvgIpc) is 2.52. The smallest absolute Gasteiger partial charge is 0.354 e. The van der Waals surface area contributed by atoms with Crippen LogP contribution in [0.5, 0.6) is 0 Å². The topological polar surface area (TPSA) is 44.1 Å². The van der Waals surface area contributed by atoms with Crippen LogP contribution in [0.3, 0.4) is 0 Å². The molecule has 0 N–H and O–H groups in total. The number of ether oxygens (including phenoxy) is 1. The van der Waals surface area contributed by atoms with Crippen molar-refractivity contribution in [1.82, 2.24) is 9.55 Å². The molecule has 0 amide bonds. The van der Waals surface area contributed by atoms with Crippen LogP contribution >= 0.6 is 0 Å². The normalized spacial score (nSPS) is 10.8. The van der Waals surface area contributed by atoms with E-state index in [9.17, 15) is 9.18 Å². The van der Waals surface area contributed by atoms with E-state index in [-0.39, 0.29) is 0 Å². The summed E-state index contributed by atoms with van der Waals surface area (Å²) >= 11 is 0. The zero-order valence-corrected chi connectivity index (χ0v) is 9.24. The number of aryl methyl sites for hydroxylation is 2. The number of hydrogen-bond acceptors (Lipinski definition) is 3. The maximum Gasteiger partial charge on any atom is 0.354 e. The van der Waals surface area contributed by atoms with Crippen molar-refractivity contribution in [2.75, 3.05) is 7.11 Å². The van der Waals surface area contributed by atoms with Crippen LogP contribution in [0.1, 0.15) is 16.1 Å². The lowest BCUT2D eigenvalue weighted by Gasteiger charge is -2.02. The number of fused-ring (bicyclic) bond motifs is 1. The second-order valence-corrected chi connectivity index (χ2v) is 3.54. The summed E-state index contributed by atoms with van der Waals surface area (Å²) in [4.78, 5) is 15.3. The van der Waals surface area contributed by atoms with E-state index in [1.54, 1.807) is 18.5 Å². The van der Waals surface area contributed by atoms with Crippen molar-refractivity contribution in [3.63, 3.8) is 0 Å². The number of pyridine rings is 1. The molecule has 0 aliphatic heterocycles. The number of carbonyl (C=O) groups is 1. The number of nitrogens with zero attached hydrogens (tertiary/aromatic N) is 2. The molecule has 2 aromatic rings. The number of rotatable bonds is 1. The second-order valence-electron chi connectivity index (χ2n) is 3.54. The summed E-state index contributed by atoms with van der Waals surface area (Å²) < 4.78 is 19.8. The summed E-state index contributed by atoms with van der Waals surface area (Å²) in [5.74, 6) is -0.906. The fraction of sp³-hybridized carbons (Fsp3) is 0.273. The molecule has 2 aromatic heterocycles. The van der Waals surface area contributed by atoms with Crippen LogP contribution in [0.15, 0.2) is 12.4 Å². The van der Waals surface area contributed by atoms with Crippen LogP contribution in [0, 0.1) is 12.7 Å². The first-order chi connectivity index (χ1) is 7.57. The van der Waals surface area contributed by atoms with E-state index in [0.717, 1.165) is 6.20 Å². The average molecular weight is 222 g/mol. The Hall–Kier alpha value is -1.91. The molecule has 0 aromatic carbocycles. The van der Waals surface area contributed by atoms with Gasteiger partial charge in [-0.25, -0.2) is 9.18 Å². The second kappa shape index (κ2) is 3.59. The van der Waals surface area contributed by atoms with Gasteiger partial charge in [0.25, 0.3) is 0 Å². The molecule has 0 bridgehead atoms. The SMILES string of the molecule is COC(=O)c1c(C)c2c(F)cncc2n1C. The van der Waals surface area contributed by atoms with Gasteiger partial charge in [-0.2, -0.15) is 0 Å². The molecule has 0 saturated carbocycles. The van der Waals surface area contributed by atoms with Crippen LogP contribution < -0.4 is 0 Å². The highest BCUT2D eigenvalue weighted by atomic mass is 19.1. The van der Waals surface area contributed by atoms with Gasteiger partial charge in [-0.3, -0.25) is 4.98 Å². The van der Waals surface area contributed by atoms with Crippen LogP contribution in [0.2, 0.25) is 0 Å². The molecule has 0 spiro atoms. The van der Waals surface area contributed by atoms with Gasteiger partial charge in [-0.15, -0.1) is 0 Å². The van der Waals surface area contributed by atoms with E-state index in [0.29, 0.717) is 22.2 Å². The van der Waals surface area contributed by atoms with Crippen molar-refractivity contribution in [2.24, 2.45) is 7.05 Å². The summed E-state index contributed by atoms with van der Waals surface area (Å²) in [6.07, 6.45) is 2.66. The molecule has 0 atom stereocenters. The molecule has 84 valence electrons. The minimum atomic E-state index is -0.476. The van der Waals surface area contributed by atoms with E-state index >= 15 is 0 Å². The summed E-state index contributed by atoms with van der Waals surface area (Å²) in [5.41, 5.74) is 1.51. The minimum absolute atomic E-state index is 0.351. The Morgan fingerprint density at radius 1 is 1.50 bits per heavy atom. The molecule has 0 fully saturated rings. The van der Waals surface area contributed by atoms with Crippen molar-refractivity contribution in [2.45, 2.75) is 6.92 Å². The van der Waals surface area contributed by atoms with Crippen molar-refractivity contribution in [1.29, 1.82) is 0 Å². The van der Waals surface area contributed by atoms with Gasteiger partial charge in [-0.05, 0) is 12.5 Å². The molecular weight excluding hydrogens is 211 g/mol. The summed E-state index contributed by atoms with van der Waals surface area (Å²) in [5, 5.41) is 0.415. The predicted molar refractivity (Wildman–Crippen MR) is 56.7 cm³/mol. The van der Waals surface area contributed by atoms with Crippen LogP contribution in [0.25, 0.3) is 10.9 Å². The van der Waals surface area contributed by atoms with Crippen LogP contribution in [-0.2, 0) is 11.8 Å². The monoisotopic (exact) mass is 222 g/mol. The molecule has 0 saturated heterocycles. The van der Waals surface area contributed by atoms with Gasteiger partial charge in [0.1, 0.15) is 5.69 Å². The Morgan fingerprint density at radius 3 is 2.75 bits per heavy atom. The highest BCUT2D eigenvalue weighted by Crippen LogP contribution is 2.26. The molecule has 0 aliphatic carbocycles. The van der Waals surface area contributed by atoms with Gasteiger partial charge >= 0.3 is 5.97 Å². The van der Waals surface area contributed by atoms with Crippen LogP contribution in [0.4, 0.5) is 4.39 Å². The van der Waals surface area contributed by atoms with Crippen molar-refractivity contribution < 1.29 is 13.9 Å². The highest BCUT2D eigenvalue weighted by Gasteiger charge is 2.20. The maximum atomic E-state index is 13.6. The molecule has 5 heteroatoms. The summed E-state index contributed by atoms with van der Waals surface area (Å²) in [7, 11) is 2.98. The number of aromatic nitrogens is 2. The predicted octanol–water partition coefficient (Wildman–Crippen LogP) is 1.81. The highest BCUT2D eigenvalue weighted by molar-refractivity contribution is 5.98. The van der Waals surface area contributed by atoms with Gasteiger partial charge in [0.2, 0.25) is 0 Å². The Bertz CT molecular complexity index is 575. The first kappa shape index (κ1) is 10.6. The Balaban J connectivity index is 2.87. The first-order valence-electron chi connectivity index (χ1n) is 4.74.